The number of nitrogens with zero attached hydrogens (tertiary/aromatic N) is 3. The maximum absolute atomic E-state index is 13.0. The molecule has 1 amide bonds. The van der Waals surface area contributed by atoms with Gasteiger partial charge in [-0.1, -0.05) is 39.5 Å². The number of aromatic nitrogens is 2. The van der Waals surface area contributed by atoms with Crippen LogP contribution in [-0.4, -0.2) is 59.0 Å². The van der Waals surface area contributed by atoms with Crippen LogP contribution in [-0.2, 0) is 19.3 Å². The summed E-state index contributed by atoms with van der Waals surface area (Å²) in [5.41, 5.74) is -0.697. The van der Waals surface area contributed by atoms with E-state index >= 15 is 0 Å². The van der Waals surface area contributed by atoms with Crippen molar-refractivity contribution >= 4 is 54.1 Å². The summed E-state index contributed by atoms with van der Waals surface area (Å²) in [6.45, 7) is 7.88. The smallest absolute Gasteiger partial charge is 1.00 e. The van der Waals surface area contributed by atoms with Gasteiger partial charge in [-0.2, -0.15) is 8.42 Å². The molecule has 0 aromatic carbocycles. The Bertz CT molecular complexity index is 1370. The van der Waals surface area contributed by atoms with Crippen molar-refractivity contribution in [2.24, 2.45) is 4.99 Å². The molecule has 2 N–H and O–H groups in total. The third-order valence-electron chi connectivity index (χ3n) is 6.02. The number of carbonyl (C=O) groups excluding carboxylic acids is 1. The van der Waals surface area contributed by atoms with Crippen LogP contribution in [0.3, 0.4) is 0 Å². The Morgan fingerprint density at radius 1 is 1.19 bits per heavy atom. The van der Waals surface area contributed by atoms with Crippen molar-refractivity contribution in [1.82, 2.24) is 15.3 Å². The molecule has 10 nitrogen and oxygen atoms in total. The first-order valence-electron chi connectivity index (χ1n) is 12.9. The van der Waals surface area contributed by atoms with E-state index in [1.165, 1.54) is 12.3 Å². The Morgan fingerprint density at radius 2 is 1.79 bits per heavy atom. The molecule has 16 heteroatoms. The molecule has 232 valence electrons. The van der Waals surface area contributed by atoms with Gasteiger partial charge in [-0.25, -0.2) is 27.9 Å². The van der Waals surface area contributed by atoms with Crippen LogP contribution in [0.4, 0.5) is 8.78 Å². The molecule has 1 aliphatic rings. The molecule has 0 spiro atoms. The summed E-state index contributed by atoms with van der Waals surface area (Å²) in [5.74, 6) is -1.09. The second kappa shape index (κ2) is 17.4. The third-order valence-corrected chi connectivity index (χ3v) is 7.64. The number of nitrogens with one attached hydrogen (secondary N) is 1. The number of pyridine rings is 2. The van der Waals surface area contributed by atoms with E-state index in [1.54, 1.807) is 6.92 Å². The second-order valence-electron chi connectivity index (χ2n) is 10.1. The van der Waals surface area contributed by atoms with Gasteiger partial charge >= 0.3 is 40.0 Å². The van der Waals surface area contributed by atoms with Gasteiger partial charge in [-0.05, 0) is 70.7 Å². The quantitative estimate of drug-likeness (QED) is 0.248. The Labute approximate surface area is 287 Å². The van der Waals surface area contributed by atoms with Crippen LogP contribution >= 0.6 is 31.9 Å². The molecule has 2 aromatic heterocycles. The van der Waals surface area contributed by atoms with Crippen LogP contribution in [0, 0.1) is 11.6 Å². The summed E-state index contributed by atoms with van der Waals surface area (Å²) in [5, 5.41) is 2.62. The van der Waals surface area contributed by atoms with Gasteiger partial charge in [0.2, 0.25) is 5.90 Å². The minimum absolute atomic E-state index is 0. The van der Waals surface area contributed by atoms with E-state index in [-0.39, 0.29) is 53.9 Å². The van der Waals surface area contributed by atoms with Gasteiger partial charge in [0.05, 0.1) is 39.0 Å². The van der Waals surface area contributed by atoms with Crippen molar-refractivity contribution in [2.75, 3.05) is 13.2 Å². The van der Waals surface area contributed by atoms with Gasteiger partial charge in [-0.15, -0.1) is 0 Å². The summed E-state index contributed by atoms with van der Waals surface area (Å²) in [7, 11) is -4.62. The summed E-state index contributed by atoms with van der Waals surface area (Å²) >= 11 is 6.33. The molecule has 0 bridgehead atoms. The van der Waals surface area contributed by atoms with E-state index in [2.05, 4.69) is 70.2 Å². The van der Waals surface area contributed by atoms with E-state index in [0.717, 1.165) is 37.9 Å². The molecule has 2 atom stereocenters. The summed E-state index contributed by atoms with van der Waals surface area (Å²) in [4.78, 5) is 24.6. The molecule has 0 saturated carbocycles. The zero-order chi connectivity index (χ0) is 30.8. The molecule has 0 aliphatic carbocycles. The molecule has 3 heterocycles. The second-order valence-corrected chi connectivity index (χ2v) is 12.9. The molecule has 2 aromatic rings. The number of ether oxygens (including phenoxy) is 1. The number of halogens is 4. The fraction of sp³-hybridized carbons (Fsp3) is 0.538. The van der Waals surface area contributed by atoms with Gasteiger partial charge in [0.15, 0.2) is 0 Å². The summed E-state index contributed by atoms with van der Waals surface area (Å²) in [6, 6.07) is 2.47. The first kappa shape index (κ1) is 39.0. The molecule has 0 saturated heterocycles. The summed E-state index contributed by atoms with van der Waals surface area (Å²) in [6.07, 6.45) is 7.26. The third kappa shape index (κ3) is 12.9. The normalized spacial score (nSPS) is 17.6. The average molecular weight is 754 g/mol. The number of hydrogen-bond donors (Lipinski definition) is 2. The first-order valence-corrected chi connectivity index (χ1v) is 15.8. The van der Waals surface area contributed by atoms with Gasteiger partial charge < -0.3 is 11.5 Å². The number of aliphatic imine (C=N–C) groups is 1. The maximum Gasteiger partial charge on any atom is 1.00 e. The van der Waals surface area contributed by atoms with Gasteiger partial charge in [0.25, 0.3) is 5.91 Å². The number of unbranched alkanes of at least 4 members (excludes halogenated alkanes) is 2. The minimum Gasteiger partial charge on any atom is -1.00 e. The minimum atomic E-state index is -4.62. The van der Waals surface area contributed by atoms with E-state index < -0.39 is 34.3 Å². The molecule has 1 aliphatic heterocycles. The van der Waals surface area contributed by atoms with Crippen LogP contribution in [0.25, 0.3) is 0 Å². The van der Waals surface area contributed by atoms with Crippen molar-refractivity contribution in [3.8, 4) is 0 Å². The van der Waals surface area contributed by atoms with Crippen LogP contribution in [0.1, 0.15) is 85.3 Å². The number of hydrogen-bond acceptors (Lipinski definition) is 8. The fourth-order valence-corrected chi connectivity index (χ4v) is 5.17. The van der Waals surface area contributed by atoms with Crippen molar-refractivity contribution in [3.63, 3.8) is 0 Å². The molecular formula is C26H37Br2F2N4NaO6S. The van der Waals surface area contributed by atoms with Gasteiger partial charge in [0.1, 0.15) is 29.6 Å². The topological polar surface area (TPSA) is 140 Å². The summed E-state index contributed by atoms with van der Waals surface area (Å²) < 4.78 is 67.0. The monoisotopic (exact) mass is 752 g/mol. The van der Waals surface area contributed by atoms with E-state index in [4.69, 9.17) is 9.29 Å². The molecule has 0 unspecified atom stereocenters. The van der Waals surface area contributed by atoms with Crippen molar-refractivity contribution in [1.29, 1.82) is 0 Å². The van der Waals surface area contributed by atoms with Crippen LogP contribution in [0.15, 0.2) is 38.5 Å². The molecule has 0 fully saturated rings. The van der Waals surface area contributed by atoms with E-state index in [0.29, 0.717) is 35.5 Å². The van der Waals surface area contributed by atoms with E-state index in [9.17, 15) is 22.0 Å². The van der Waals surface area contributed by atoms with Crippen molar-refractivity contribution in [2.45, 2.75) is 77.3 Å². The maximum atomic E-state index is 13.0. The van der Waals surface area contributed by atoms with Crippen LogP contribution < -0.4 is 34.9 Å². The predicted molar refractivity (Wildman–Crippen MR) is 160 cm³/mol. The van der Waals surface area contributed by atoms with E-state index in [1.807, 2.05) is 6.92 Å². The zero-order valence-electron chi connectivity index (χ0n) is 25.2. The van der Waals surface area contributed by atoms with Gasteiger partial charge in [-0.3, -0.25) is 9.35 Å². The average Bonchev–Trinajstić information content (AvgIpc) is 3.27. The van der Waals surface area contributed by atoms with Crippen molar-refractivity contribution < 1.29 is 67.9 Å². The molecule has 0 radical (unpaired) electrons. The van der Waals surface area contributed by atoms with Gasteiger partial charge in [0, 0.05) is 1.43 Å². The zero-order valence-corrected chi connectivity index (χ0v) is 30.2. The SMILES string of the molecule is CCCC[C@](C)(COS(=O)(=O)O)NC(=O)c1ncc(F)cc1Br.CCCC[C@]1(C)COC(c2ncc(F)cc2Br)=N1.[H-].[HH].[Na+]. The largest absolute Gasteiger partial charge is 1.00 e. The van der Waals surface area contributed by atoms with Crippen LogP contribution in [0.5, 0.6) is 0 Å². The first-order chi connectivity index (χ1) is 19.1. The standard InChI is InChI=1S/C13H18BrFN2O5S.C13H16BrFN2O.Na.H2.H/c1-3-4-5-13(2,8-22-23(19,20)21)17-12(18)11-10(14)6-9(15)7-16-11;1-3-4-5-13(2)8-18-12(17-13)11-10(14)6-9(15)7-16-11;;;/h6-7H,3-5,8H2,1-2H3,(H,17,18)(H,19,20,21);6-7H,3-5,8H2,1-2H3;;1H;/q;;+1;;-1/t2*13-;;;/m11.../s1. The number of amides is 1. The molecular weight excluding hydrogens is 717 g/mol. The number of carbonyl (C=O) groups is 1. The Hall–Kier alpha value is -1.07. The van der Waals surface area contributed by atoms with Crippen LogP contribution in [0.2, 0.25) is 0 Å². The fourth-order valence-electron chi connectivity index (χ4n) is 3.77. The Kier molecular flexibility index (Phi) is 16.2. The molecule has 42 heavy (non-hydrogen) atoms. The predicted octanol–water partition coefficient (Wildman–Crippen LogP) is 3.55. The molecule has 3 rings (SSSR count). The Balaban J connectivity index is 0. The van der Waals surface area contributed by atoms with Crippen molar-refractivity contribution in [3.05, 3.63) is 56.5 Å². The number of rotatable bonds is 12. The Morgan fingerprint density at radius 3 is 2.33 bits per heavy atom.